The Balaban J connectivity index is 1.47. The molecule has 1 N–H and O–H groups in total. The van der Waals surface area contributed by atoms with Crippen LogP contribution >= 0.6 is 0 Å². The molecule has 1 heterocycles. The lowest BCUT2D eigenvalue weighted by atomic mass is 10.0. The maximum Gasteiger partial charge on any atom is 0.309 e. The molecule has 0 spiro atoms. The first kappa shape index (κ1) is 25.5. The van der Waals surface area contributed by atoms with Gasteiger partial charge < -0.3 is 19.5 Å². The molecule has 2 aromatic rings. The number of nitrogens with zero attached hydrogens (tertiary/aromatic N) is 1. The molecule has 3 rings (SSSR count). The van der Waals surface area contributed by atoms with Crippen molar-refractivity contribution in [1.29, 1.82) is 0 Å². The predicted octanol–water partition coefficient (Wildman–Crippen LogP) is 3.07. The maximum atomic E-state index is 13.0. The van der Waals surface area contributed by atoms with Gasteiger partial charge in [-0.3, -0.25) is 9.59 Å². The molecule has 1 aliphatic heterocycles. The van der Waals surface area contributed by atoms with Gasteiger partial charge in [0, 0.05) is 25.2 Å². The van der Waals surface area contributed by atoms with Gasteiger partial charge in [-0.1, -0.05) is 0 Å². The fourth-order valence-corrected chi connectivity index (χ4v) is 5.22. The monoisotopic (exact) mass is 490 g/mol. The van der Waals surface area contributed by atoms with E-state index in [4.69, 9.17) is 14.2 Å². The quantitative estimate of drug-likeness (QED) is 0.402. The van der Waals surface area contributed by atoms with Crippen LogP contribution in [0.3, 0.4) is 0 Å². The van der Waals surface area contributed by atoms with Crippen molar-refractivity contribution in [2.45, 2.75) is 30.6 Å². The first-order valence-corrected chi connectivity index (χ1v) is 12.5. The Morgan fingerprint density at radius 2 is 1.71 bits per heavy atom. The van der Waals surface area contributed by atoms with Crippen LogP contribution in [0.1, 0.15) is 25.7 Å². The highest BCUT2D eigenvalue weighted by molar-refractivity contribution is 7.89. The minimum Gasteiger partial charge on any atom is -0.497 e. The van der Waals surface area contributed by atoms with E-state index in [1.807, 2.05) is 0 Å². The molecule has 184 valence electrons. The summed E-state index contributed by atoms with van der Waals surface area (Å²) < 4.78 is 42.7. The molecular weight excluding hydrogens is 460 g/mol. The Morgan fingerprint density at radius 3 is 2.35 bits per heavy atom. The summed E-state index contributed by atoms with van der Waals surface area (Å²) in [7, 11) is -0.845. The minimum absolute atomic E-state index is 0.103. The number of rotatable bonds is 10. The van der Waals surface area contributed by atoms with Gasteiger partial charge in [0.1, 0.15) is 11.5 Å². The zero-order valence-electron chi connectivity index (χ0n) is 19.4. The largest absolute Gasteiger partial charge is 0.497 e. The summed E-state index contributed by atoms with van der Waals surface area (Å²) in [5.41, 5.74) is 0.506. The van der Waals surface area contributed by atoms with Crippen molar-refractivity contribution in [3.63, 3.8) is 0 Å². The molecule has 0 bridgehead atoms. The van der Waals surface area contributed by atoms with Gasteiger partial charge in [0.05, 0.1) is 31.6 Å². The number of hydrogen-bond donors (Lipinski definition) is 1. The van der Waals surface area contributed by atoms with Gasteiger partial charge in [-0.2, -0.15) is 4.31 Å². The van der Waals surface area contributed by atoms with Gasteiger partial charge in [0.15, 0.2) is 0 Å². The zero-order valence-corrected chi connectivity index (χ0v) is 20.2. The average Bonchev–Trinajstić information content (AvgIpc) is 2.87. The lowest BCUT2D eigenvalue weighted by Gasteiger charge is -2.30. The van der Waals surface area contributed by atoms with Crippen LogP contribution in [0.15, 0.2) is 53.4 Å². The molecule has 1 saturated heterocycles. The van der Waals surface area contributed by atoms with Crippen LogP contribution in [0.2, 0.25) is 0 Å². The van der Waals surface area contributed by atoms with E-state index in [9.17, 15) is 18.0 Å². The highest BCUT2D eigenvalue weighted by Crippen LogP contribution is 2.25. The third kappa shape index (κ3) is 6.71. The fourth-order valence-electron chi connectivity index (χ4n) is 3.70. The van der Waals surface area contributed by atoms with Gasteiger partial charge in [-0.05, 0) is 67.8 Å². The number of ether oxygens (including phenoxy) is 3. The second-order valence-corrected chi connectivity index (χ2v) is 9.86. The van der Waals surface area contributed by atoms with E-state index in [1.165, 1.54) is 23.5 Å². The lowest BCUT2D eigenvalue weighted by Crippen LogP contribution is -2.42. The number of benzene rings is 2. The molecule has 34 heavy (non-hydrogen) atoms. The number of methoxy groups -OCH3 is 2. The number of hydrogen-bond acceptors (Lipinski definition) is 7. The molecule has 9 nitrogen and oxygen atoms in total. The third-order valence-corrected chi connectivity index (χ3v) is 7.45. The van der Waals surface area contributed by atoms with Gasteiger partial charge in [-0.25, -0.2) is 8.42 Å². The standard InChI is InChI=1S/C24H30N2O7S/c1-31-20-9-11-21(12-10-20)33-16-4-6-23(27)25-19-7-13-22(14-8-19)34(29,30)26-15-3-5-18(17-26)24(28)32-2/h7-14,18H,3-6,15-17H2,1-2H3,(H,25,27)/t18-/m1/s1. The summed E-state index contributed by atoms with van der Waals surface area (Å²) in [6.45, 7) is 0.846. The topological polar surface area (TPSA) is 111 Å². The number of anilines is 1. The van der Waals surface area contributed by atoms with Gasteiger partial charge in [-0.15, -0.1) is 0 Å². The second-order valence-electron chi connectivity index (χ2n) is 7.93. The summed E-state index contributed by atoms with van der Waals surface area (Å²) in [4.78, 5) is 24.1. The molecule has 1 amide bonds. The Bertz CT molecular complexity index is 1070. The van der Waals surface area contributed by atoms with Gasteiger partial charge in [0.25, 0.3) is 0 Å². The van der Waals surface area contributed by atoms with Gasteiger partial charge >= 0.3 is 5.97 Å². The highest BCUT2D eigenvalue weighted by Gasteiger charge is 2.33. The highest BCUT2D eigenvalue weighted by atomic mass is 32.2. The first-order chi connectivity index (χ1) is 16.3. The summed E-state index contributed by atoms with van der Waals surface area (Å²) in [6.07, 6.45) is 1.99. The van der Waals surface area contributed by atoms with Crippen LogP contribution in [0.4, 0.5) is 5.69 Å². The first-order valence-electron chi connectivity index (χ1n) is 11.1. The SMILES string of the molecule is COC(=O)[C@@H]1CCCN(S(=O)(=O)c2ccc(NC(=O)CCCOc3ccc(OC)cc3)cc2)C1. The van der Waals surface area contributed by atoms with Crippen molar-refractivity contribution in [2.24, 2.45) is 5.92 Å². The van der Waals surface area contributed by atoms with E-state index in [1.54, 1.807) is 43.5 Å². The zero-order chi connectivity index (χ0) is 24.6. The van der Waals surface area contributed by atoms with E-state index in [0.29, 0.717) is 43.9 Å². The van der Waals surface area contributed by atoms with Crippen LogP contribution in [-0.2, 0) is 24.3 Å². The van der Waals surface area contributed by atoms with Crippen molar-refractivity contribution < 1.29 is 32.2 Å². The van der Waals surface area contributed by atoms with E-state index >= 15 is 0 Å². The number of carbonyl (C=O) groups is 2. The molecule has 0 saturated carbocycles. The van der Waals surface area contributed by atoms with Crippen molar-refractivity contribution >= 4 is 27.6 Å². The molecule has 2 aromatic carbocycles. The maximum absolute atomic E-state index is 13.0. The average molecular weight is 491 g/mol. The molecule has 0 unspecified atom stereocenters. The normalized spacial score (nSPS) is 16.5. The van der Waals surface area contributed by atoms with Crippen molar-refractivity contribution in [2.75, 3.05) is 39.2 Å². The Kier molecular flexibility index (Phi) is 8.89. The number of esters is 1. The van der Waals surface area contributed by atoms with E-state index in [-0.39, 0.29) is 23.8 Å². The van der Waals surface area contributed by atoms with Gasteiger partial charge in [0.2, 0.25) is 15.9 Å². The predicted molar refractivity (Wildman–Crippen MR) is 126 cm³/mol. The molecular formula is C24H30N2O7S. The fraction of sp³-hybridized carbons (Fsp3) is 0.417. The number of amides is 1. The van der Waals surface area contributed by atoms with Crippen LogP contribution in [0.5, 0.6) is 11.5 Å². The third-order valence-electron chi connectivity index (χ3n) is 5.57. The van der Waals surface area contributed by atoms with Crippen LogP contribution in [0, 0.1) is 5.92 Å². The van der Waals surface area contributed by atoms with Crippen molar-refractivity contribution in [1.82, 2.24) is 4.31 Å². The smallest absolute Gasteiger partial charge is 0.309 e. The van der Waals surface area contributed by atoms with Crippen molar-refractivity contribution in [3.05, 3.63) is 48.5 Å². The van der Waals surface area contributed by atoms with Crippen molar-refractivity contribution in [3.8, 4) is 11.5 Å². The van der Waals surface area contributed by atoms with Crippen LogP contribution < -0.4 is 14.8 Å². The molecule has 0 aromatic heterocycles. The molecule has 10 heteroatoms. The Labute approximate surface area is 200 Å². The summed E-state index contributed by atoms with van der Waals surface area (Å²) in [5.74, 6) is 0.399. The van der Waals surface area contributed by atoms with E-state index in [2.05, 4.69) is 5.32 Å². The van der Waals surface area contributed by atoms with Crippen LogP contribution in [0.25, 0.3) is 0 Å². The Morgan fingerprint density at radius 1 is 1.03 bits per heavy atom. The van der Waals surface area contributed by atoms with Crippen LogP contribution in [-0.4, -0.2) is 58.5 Å². The number of carbonyl (C=O) groups excluding carboxylic acids is 2. The number of sulfonamides is 1. The van der Waals surface area contributed by atoms with E-state index < -0.39 is 21.9 Å². The minimum atomic E-state index is -3.74. The number of nitrogens with one attached hydrogen (secondary N) is 1. The summed E-state index contributed by atoms with van der Waals surface area (Å²) in [6, 6.07) is 13.2. The molecule has 0 radical (unpaired) electrons. The molecule has 1 atom stereocenters. The molecule has 1 fully saturated rings. The lowest BCUT2D eigenvalue weighted by molar-refractivity contribution is -0.146. The number of piperidine rings is 1. The second kappa shape index (κ2) is 11.8. The summed E-state index contributed by atoms with van der Waals surface area (Å²) >= 11 is 0. The Hall–Kier alpha value is -3.11. The van der Waals surface area contributed by atoms with E-state index in [0.717, 1.165) is 5.75 Å². The molecule has 0 aliphatic carbocycles. The molecule has 1 aliphatic rings. The summed E-state index contributed by atoms with van der Waals surface area (Å²) in [5, 5.41) is 2.76.